The molecule has 0 spiro atoms. The van der Waals surface area contributed by atoms with Gasteiger partial charge in [0.1, 0.15) is 11.6 Å². The van der Waals surface area contributed by atoms with Gasteiger partial charge in [0.25, 0.3) is 5.56 Å². The van der Waals surface area contributed by atoms with Crippen molar-refractivity contribution in [3.63, 3.8) is 0 Å². The number of rotatable bonds is 5. The summed E-state index contributed by atoms with van der Waals surface area (Å²) in [4.78, 5) is 18.2. The average Bonchev–Trinajstić information content (AvgIpc) is 2.76. The Labute approximate surface area is 188 Å². The van der Waals surface area contributed by atoms with Crippen molar-refractivity contribution in [1.82, 2.24) is 9.66 Å². The van der Waals surface area contributed by atoms with Crippen molar-refractivity contribution in [2.45, 2.75) is 44.9 Å². The summed E-state index contributed by atoms with van der Waals surface area (Å²) in [6, 6.07) is 11.0. The summed E-state index contributed by atoms with van der Waals surface area (Å²) in [5.41, 5.74) is 1.26. The third-order valence-corrected chi connectivity index (χ3v) is 6.12. The first-order chi connectivity index (χ1) is 14.6. The Morgan fingerprint density at radius 1 is 1.23 bits per heavy atom. The van der Waals surface area contributed by atoms with Gasteiger partial charge in [-0.25, -0.2) is 4.98 Å². The van der Waals surface area contributed by atoms with Crippen molar-refractivity contribution in [3.8, 4) is 5.75 Å². The van der Waals surface area contributed by atoms with E-state index in [9.17, 15) is 4.79 Å². The van der Waals surface area contributed by atoms with Gasteiger partial charge in [0, 0.05) is 21.0 Å². The van der Waals surface area contributed by atoms with E-state index in [1.165, 1.54) is 11.1 Å². The summed E-state index contributed by atoms with van der Waals surface area (Å²) < 4.78 is 7.98. The van der Waals surface area contributed by atoms with E-state index in [0.717, 1.165) is 41.5 Å². The van der Waals surface area contributed by atoms with E-state index in [-0.39, 0.29) is 11.5 Å². The Morgan fingerprint density at radius 3 is 2.80 bits per heavy atom. The van der Waals surface area contributed by atoms with Gasteiger partial charge < -0.3 is 4.74 Å². The third-order valence-electron chi connectivity index (χ3n) is 5.39. The first-order valence-corrected chi connectivity index (χ1v) is 11.4. The van der Waals surface area contributed by atoms with Crippen LogP contribution >= 0.6 is 27.5 Å². The smallest absolute Gasteiger partial charge is 0.282 e. The van der Waals surface area contributed by atoms with Crippen molar-refractivity contribution < 1.29 is 4.74 Å². The minimum Gasteiger partial charge on any atom is -0.493 e. The third kappa shape index (κ3) is 4.44. The standard InChI is InChI=1S/C23H23BrClN3O2/c1-2-30-21-11-9-18(25)12-16(21)14-26-28-22(15-6-4-3-5-7-15)27-20-10-8-17(24)13-19(20)23(28)29/h8-15H,2-7H2,1H3. The Balaban J connectivity index is 1.86. The minimum absolute atomic E-state index is 0.168. The first-order valence-electron chi connectivity index (χ1n) is 10.3. The summed E-state index contributed by atoms with van der Waals surface area (Å²) in [5, 5.41) is 5.70. The second-order valence-electron chi connectivity index (χ2n) is 7.44. The molecule has 0 saturated heterocycles. The molecule has 0 radical (unpaired) electrons. The molecule has 2 aromatic carbocycles. The van der Waals surface area contributed by atoms with Gasteiger partial charge in [0.05, 0.1) is 23.7 Å². The van der Waals surface area contributed by atoms with E-state index >= 15 is 0 Å². The molecule has 1 fully saturated rings. The van der Waals surface area contributed by atoms with Crippen LogP contribution in [0.15, 0.2) is 50.8 Å². The number of halogens is 2. The number of benzene rings is 2. The maximum absolute atomic E-state index is 13.4. The second kappa shape index (κ2) is 9.31. The Morgan fingerprint density at radius 2 is 2.03 bits per heavy atom. The van der Waals surface area contributed by atoms with E-state index in [1.807, 2.05) is 25.1 Å². The molecular weight excluding hydrogens is 466 g/mol. The monoisotopic (exact) mass is 487 g/mol. The quantitative estimate of drug-likeness (QED) is 0.405. The van der Waals surface area contributed by atoms with Gasteiger partial charge in [-0.3, -0.25) is 4.79 Å². The lowest BCUT2D eigenvalue weighted by Crippen LogP contribution is -2.25. The van der Waals surface area contributed by atoms with Crippen molar-refractivity contribution in [1.29, 1.82) is 0 Å². The summed E-state index contributed by atoms with van der Waals surface area (Å²) in [7, 11) is 0. The number of hydrogen-bond donors (Lipinski definition) is 0. The van der Waals surface area contributed by atoms with Gasteiger partial charge >= 0.3 is 0 Å². The van der Waals surface area contributed by atoms with Crippen LogP contribution < -0.4 is 10.3 Å². The molecule has 1 aromatic heterocycles. The molecule has 7 heteroatoms. The van der Waals surface area contributed by atoms with Gasteiger partial charge in [-0.2, -0.15) is 9.78 Å². The summed E-state index contributed by atoms with van der Waals surface area (Å²) in [6.45, 7) is 2.45. The highest BCUT2D eigenvalue weighted by atomic mass is 79.9. The molecule has 156 valence electrons. The molecule has 3 aromatic rings. The fourth-order valence-corrected chi connectivity index (χ4v) is 4.47. The van der Waals surface area contributed by atoms with Crippen LogP contribution in [-0.2, 0) is 0 Å². The molecule has 1 aliphatic carbocycles. The lowest BCUT2D eigenvalue weighted by Gasteiger charge is -2.22. The molecule has 1 heterocycles. The summed E-state index contributed by atoms with van der Waals surface area (Å²) in [5.74, 6) is 1.63. The maximum atomic E-state index is 13.4. The van der Waals surface area contributed by atoms with Crippen LogP contribution in [-0.4, -0.2) is 22.5 Å². The molecule has 1 saturated carbocycles. The van der Waals surface area contributed by atoms with Gasteiger partial charge in [0.15, 0.2) is 0 Å². The predicted molar refractivity (Wildman–Crippen MR) is 125 cm³/mol. The van der Waals surface area contributed by atoms with Crippen LogP contribution in [0, 0.1) is 0 Å². The highest BCUT2D eigenvalue weighted by Gasteiger charge is 2.22. The lowest BCUT2D eigenvalue weighted by atomic mass is 9.88. The topological polar surface area (TPSA) is 56.5 Å². The highest BCUT2D eigenvalue weighted by Crippen LogP contribution is 2.32. The zero-order valence-electron chi connectivity index (χ0n) is 16.8. The van der Waals surface area contributed by atoms with E-state index in [1.54, 1.807) is 24.4 Å². The predicted octanol–water partition coefficient (Wildman–Crippen LogP) is 6.14. The van der Waals surface area contributed by atoms with Gasteiger partial charge in [0.2, 0.25) is 0 Å². The average molecular weight is 489 g/mol. The van der Waals surface area contributed by atoms with E-state index < -0.39 is 0 Å². The molecule has 0 aliphatic heterocycles. The largest absolute Gasteiger partial charge is 0.493 e. The Bertz CT molecular complexity index is 1150. The minimum atomic E-state index is -0.168. The molecule has 0 bridgehead atoms. The molecular formula is C23H23BrClN3O2. The fourth-order valence-electron chi connectivity index (χ4n) is 3.93. The lowest BCUT2D eigenvalue weighted by molar-refractivity contribution is 0.340. The SMILES string of the molecule is CCOc1ccc(Cl)cc1C=Nn1c(C2CCCCC2)nc2ccc(Br)cc2c1=O. The maximum Gasteiger partial charge on any atom is 0.282 e. The number of nitrogens with zero attached hydrogens (tertiary/aromatic N) is 3. The number of aromatic nitrogens is 2. The van der Waals surface area contributed by atoms with Crippen molar-refractivity contribution >= 4 is 44.6 Å². The van der Waals surface area contributed by atoms with Crippen molar-refractivity contribution in [2.75, 3.05) is 6.61 Å². The van der Waals surface area contributed by atoms with Crippen LogP contribution in [0.2, 0.25) is 5.02 Å². The molecule has 1 aliphatic rings. The molecule has 0 amide bonds. The number of hydrogen-bond acceptors (Lipinski definition) is 4. The molecule has 4 rings (SSSR count). The zero-order valence-corrected chi connectivity index (χ0v) is 19.1. The van der Waals surface area contributed by atoms with Crippen LogP contribution in [0.25, 0.3) is 10.9 Å². The Hall–Kier alpha value is -2.18. The molecule has 0 N–H and O–H groups in total. The Kier molecular flexibility index (Phi) is 6.54. The van der Waals surface area contributed by atoms with E-state index in [4.69, 9.17) is 21.3 Å². The first kappa shape index (κ1) is 21.1. The van der Waals surface area contributed by atoms with Gasteiger partial charge in [-0.05, 0) is 56.2 Å². The molecule has 5 nitrogen and oxygen atoms in total. The number of ether oxygens (including phenoxy) is 1. The summed E-state index contributed by atoms with van der Waals surface area (Å²) >= 11 is 9.63. The van der Waals surface area contributed by atoms with Crippen molar-refractivity contribution in [2.24, 2.45) is 5.10 Å². The summed E-state index contributed by atoms with van der Waals surface area (Å²) in [6.07, 6.45) is 7.19. The van der Waals surface area contributed by atoms with Gasteiger partial charge in [-0.15, -0.1) is 0 Å². The van der Waals surface area contributed by atoms with Crippen LogP contribution in [0.4, 0.5) is 0 Å². The van der Waals surface area contributed by atoms with Crippen LogP contribution in [0.5, 0.6) is 5.75 Å². The molecule has 0 unspecified atom stereocenters. The zero-order chi connectivity index (χ0) is 21.1. The normalized spacial score (nSPS) is 15.2. The molecule has 30 heavy (non-hydrogen) atoms. The van der Waals surface area contributed by atoms with Gasteiger partial charge in [-0.1, -0.05) is 46.8 Å². The van der Waals surface area contributed by atoms with E-state index in [0.29, 0.717) is 28.3 Å². The van der Waals surface area contributed by atoms with E-state index in [2.05, 4.69) is 21.0 Å². The fraction of sp³-hybridized carbons (Fsp3) is 0.348. The van der Waals surface area contributed by atoms with Crippen molar-refractivity contribution in [3.05, 3.63) is 67.6 Å². The molecule has 0 atom stereocenters. The highest BCUT2D eigenvalue weighted by molar-refractivity contribution is 9.10. The van der Waals surface area contributed by atoms with Crippen LogP contribution in [0.3, 0.4) is 0 Å². The van der Waals surface area contributed by atoms with Crippen LogP contribution in [0.1, 0.15) is 56.3 Å². The number of fused-ring (bicyclic) bond motifs is 1. The second-order valence-corrected chi connectivity index (χ2v) is 8.80.